The van der Waals surface area contributed by atoms with Crippen LogP contribution in [0.2, 0.25) is 0 Å². The minimum Gasteiger partial charge on any atom is -0.496 e. The highest BCUT2D eigenvalue weighted by Gasteiger charge is 2.14. The van der Waals surface area contributed by atoms with Crippen LogP contribution in [0.4, 0.5) is 0 Å². The number of aliphatic hydroxyl groups is 1. The zero-order chi connectivity index (χ0) is 16.5. The van der Waals surface area contributed by atoms with Gasteiger partial charge in [0.2, 0.25) is 0 Å². The van der Waals surface area contributed by atoms with Crippen molar-refractivity contribution in [2.75, 3.05) is 20.2 Å². The van der Waals surface area contributed by atoms with E-state index < -0.39 is 6.10 Å². The highest BCUT2D eigenvalue weighted by Crippen LogP contribution is 2.17. The lowest BCUT2D eigenvalue weighted by molar-refractivity contribution is 0.142. The molecule has 0 fully saturated rings. The Morgan fingerprint density at radius 2 is 1.78 bits per heavy atom. The fourth-order valence-corrected chi connectivity index (χ4v) is 2.56. The summed E-state index contributed by atoms with van der Waals surface area (Å²) < 4.78 is 5.33. The summed E-state index contributed by atoms with van der Waals surface area (Å²) in [5.74, 6) is 0.899. The van der Waals surface area contributed by atoms with Gasteiger partial charge in [0.1, 0.15) is 5.75 Å². The molecule has 2 rings (SSSR count). The number of aliphatic hydroxyl groups excluding tert-OH is 1. The normalized spacial score (nSPS) is 13.5. The lowest BCUT2D eigenvalue weighted by Gasteiger charge is -2.19. The summed E-state index contributed by atoms with van der Waals surface area (Å²) in [4.78, 5) is 0. The predicted octanol–water partition coefficient (Wildman–Crippen LogP) is 1.76. The third-order valence-corrected chi connectivity index (χ3v) is 3.93. The lowest BCUT2D eigenvalue weighted by Crippen LogP contribution is -2.43. The van der Waals surface area contributed by atoms with Gasteiger partial charge >= 0.3 is 0 Å². The van der Waals surface area contributed by atoms with Crippen molar-refractivity contribution in [2.45, 2.75) is 25.0 Å². The van der Waals surface area contributed by atoms with E-state index in [1.807, 2.05) is 48.5 Å². The van der Waals surface area contributed by atoms with Crippen LogP contribution in [0.5, 0.6) is 5.75 Å². The SMILES string of the molecule is COc1ccccc1CCNC[C@@H](O)[C@@H](N)Cc1ccccc1. The average molecular weight is 314 g/mol. The van der Waals surface area contributed by atoms with E-state index in [2.05, 4.69) is 11.4 Å². The van der Waals surface area contributed by atoms with Crippen LogP contribution < -0.4 is 15.8 Å². The summed E-state index contributed by atoms with van der Waals surface area (Å²) in [5, 5.41) is 13.4. The van der Waals surface area contributed by atoms with E-state index in [0.717, 1.165) is 29.8 Å². The Labute approximate surface area is 138 Å². The molecule has 0 unspecified atom stereocenters. The molecule has 0 heterocycles. The molecule has 0 spiro atoms. The van der Waals surface area contributed by atoms with Crippen molar-refractivity contribution in [3.05, 3.63) is 65.7 Å². The Kier molecular flexibility index (Phi) is 7.07. The van der Waals surface area contributed by atoms with Crippen molar-refractivity contribution >= 4 is 0 Å². The fourth-order valence-electron chi connectivity index (χ4n) is 2.56. The van der Waals surface area contributed by atoms with Gasteiger partial charge < -0.3 is 20.9 Å². The van der Waals surface area contributed by atoms with Crippen molar-refractivity contribution in [1.29, 1.82) is 0 Å². The van der Waals surface area contributed by atoms with Crippen LogP contribution >= 0.6 is 0 Å². The zero-order valence-corrected chi connectivity index (χ0v) is 13.6. The molecule has 2 aromatic carbocycles. The van der Waals surface area contributed by atoms with Gasteiger partial charge in [-0.2, -0.15) is 0 Å². The second-order valence-corrected chi connectivity index (χ2v) is 5.69. The molecular weight excluding hydrogens is 288 g/mol. The second kappa shape index (κ2) is 9.30. The molecule has 0 bridgehead atoms. The molecule has 0 saturated heterocycles. The Bertz CT molecular complexity index is 575. The molecule has 23 heavy (non-hydrogen) atoms. The smallest absolute Gasteiger partial charge is 0.122 e. The summed E-state index contributed by atoms with van der Waals surface area (Å²) in [6.07, 6.45) is 0.966. The molecular formula is C19H26N2O2. The van der Waals surface area contributed by atoms with Gasteiger partial charge in [0, 0.05) is 12.6 Å². The maximum atomic E-state index is 10.2. The molecule has 4 heteroatoms. The Hall–Kier alpha value is -1.88. The maximum absolute atomic E-state index is 10.2. The van der Waals surface area contributed by atoms with E-state index in [1.165, 1.54) is 0 Å². The summed E-state index contributed by atoms with van der Waals surface area (Å²) in [6.45, 7) is 1.26. The van der Waals surface area contributed by atoms with Crippen LogP contribution in [-0.2, 0) is 12.8 Å². The Balaban J connectivity index is 1.71. The number of methoxy groups -OCH3 is 1. The van der Waals surface area contributed by atoms with Gasteiger partial charge in [0.15, 0.2) is 0 Å². The summed E-state index contributed by atoms with van der Waals surface area (Å²) in [5.41, 5.74) is 8.38. The Morgan fingerprint density at radius 1 is 1.09 bits per heavy atom. The standard InChI is InChI=1S/C19H26N2O2/c1-23-19-10-6-5-9-16(19)11-12-21-14-18(22)17(20)13-15-7-3-2-4-8-15/h2-10,17-18,21-22H,11-14,20H2,1H3/t17-,18+/m0/s1. The van der Waals surface area contributed by atoms with E-state index in [4.69, 9.17) is 10.5 Å². The van der Waals surface area contributed by atoms with Crippen LogP contribution in [0.25, 0.3) is 0 Å². The van der Waals surface area contributed by atoms with Crippen molar-refractivity contribution in [1.82, 2.24) is 5.32 Å². The predicted molar refractivity (Wildman–Crippen MR) is 93.7 cm³/mol. The quantitative estimate of drug-likeness (QED) is 0.617. The second-order valence-electron chi connectivity index (χ2n) is 5.69. The number of hydrogen-bond donors (Lipinski definition) is 3. The van der Waals surface area contributed by atoms with Gasteiger partial charge in [0.25, 0.3) is 0 Å². The molecule has 0 saturated carbocycles. The van der Waals surface area contributed by atoms with Gasteiger partial charge in [0.05, 0.1) is 13.2 Å². The van der Waals surface area contributed by atoms with Crippen LogP contribution in [-0.4, -0.2) is 37.5 Å². The number of benzene rings is 2. The molecule has 0 amide bonds. The van der Waals surface area contributed by atoms with E-state index in [1.54, 1.807) is 7.11 Å². The fraction of sp³-hybridized carbons (Fsp3) is 0.368. The minimum absolute atomic E-state index is 0.267. The van der Waals surface area contributed by atoms with Crippen LogP contribution in [0, 0.1) is 0 Å². The molecule has 0 aliphatic carbocycles. The first-order chi connectivity index (χ1) is 11.2. The van der Waals surface area contributed by atoms with Crippen LogP contribution in [0.15, 0.2) is 54.6 Å². The van der Waals surface area contributed by atoms with Crippen molar-refractivity contribution < 1.29 is 9.84 Å². The topological polar surface area (TPSA) is 67.5 Å². The van der Waals surface area contributed by atoms with Crippen molar-refractivity contribution in [3.63, 3.8) is 0 Å². The highest BCUT2D eigenvalue weighted by atomic mass is 16.5. The number of ether oxygens (including phenoxy) is 1. The average Bonchev–Trinajstić information content (AvgIpc) is 2.59. The summed E-state index contributed by atoms with van der Waals surface area (Å²) >= 11 is 0. The molecule has 0 aliphatic heterocycles. The van der Waals surface area contributed by atoms with Crippen molar-refractivity contribution in [3.8, 4) is 5.75 Å². The molecule has 0 aromatic heterocycles. The number of nitrogens with two attached hydrogens (primary N) is 1. The zero-order valence-electron chi connectivity index (χ0n) is 13.6. The van der Waals surface area contributed by atoms with Gasteiger partial charge in [-0.15, -0.1) is 0 Å². The first kappa shape index (κ1) is 17.5. The third kappa shape index (κ3) is 5.67. The van der Waals surface area contributed by atoms with Crippen LogP contribution in [0.1, 0.15) is 11.1 Å². The first-order valence-electron chi connectivity index (χ1n) is 8.01. The minimum atomic E-state index is -0.562. The van der Waals surface area contributed by atoms with Crippen LogP contribution in [0.3, 0.4) is 0 Å². The van der Waals surface area contributed by atoms with E-state index in [9.17, 15) is 5.11 Å². The monoisotopic (exact) mass is 314 g/mol. The summed E-state index contributed by atoms with van der Waals surface area (Å²) in [6, 6.07) is 17.7. The third-order valence-electron chi connectivity index (χ3n) is 3.93. The molecule has 4 N–H and O–H groups in total. The van der Waals surface area contributed by atoms with Gasteiger partial charge in [-0.05, 0) is 36.6 Å². The number of para-hydroxylation sites is 1. The maximum Gasteiger partial charge on any atom is 0.122 e. The first-order valence-corrected chi connectivity index (χ1v) is 8.01. The largest absolute Gasteiger partial charge is 0.496 e. The molecule has 0 radical (unpaired) electrons. The van der Waals surface area contributed by atoms with Crippen molar-refractivity contribution in [2.24, 2.45) is 5.73 Å². The number of hydrogen-bond acceptors (Lipinski definition) is 4. The molecule has 0 aliphatic rings. The Morgan fingerprint density at radius 3 is 2.52 bits per heavy atom. The van der Waals surface area contributed by atoms with E-state index in [-0.39, 0.29) is 6.04 Å². The number of rotatable bonds is 9. The highest BCUT2D eigenvalue weighted by molar-refractivity contribution is 5.33. The van der Waals surface area contributed by atoms with E-state index in [0.29, 0.717) is 13.0 Å². The summed E-state index contributed by atoms with van der Waals surface area (Å²) in [7, 11) is 1.68. The molecule has 4 nitrogen and oxygen atoms in total. The van der Waals surface area contributed by atoms with Gasteiger partial charge in [-0.3, -0.25) is 0 Å². The van der Waals surface area contributed by atoms with E-state index >= 15 is 0 Å². The number of nitrogens with one attached hydrogen (secondary N) is 1. The molecule has 2 aromatic rings. The lowest BCUT2D eigenvalue weighted by atomic mass is 10.0. The molecule has 2 atom stereocenters. The molecule has 124 valence electrons. The van der Waals surface area contributed by atoms with Gasteiger partial charge in [-0.25, -0.2) is 0 Å². The van der Waals surface area contributed by atoms with Gasteiger partial charge in [-0.1, -0.05) is 48.5 Å².